The minimum Gasteiger partial charge on any atom is -0.508 e. The molecular weight excluding hydrogens is 504 g/mol. The first-order valence-electron chi connectivity index (χ1n) is 11.7. The number of rotatable bonds is 17. The number of carboxylic acids is 1. The summed E-state index contributed by atoms with van der Waals surface area (Å²) in [5.41, 5.74) is 17.2. The number of primary amides is 1. The van der Waals surface area contributed by atoms with Gasteiger partial charge in [-0.2, -0.15) is 12.6 Å². The van der Waals surface area contributed by atoms with Crippen molar-refractivity contribution in [1.29, 1.82) is 0 Å². The van der Waals surface area contributed by atoms with Crippen molar-refractivity contribution in [3.63, 3.8) is 0 Å². The van der Waals surface area contributed by atoms with Crippen LogP contribution in [0.3, 0.4) is 0 Å². The molecule has 0 aromatic heterocycles. The number of aliphatic carboxylic acids is 1. The van der Waals surface area contributed by atoms with E-state index in [9.17, 15) is 34.2 Å². The molecule has 11 N–H and O–H groups in total. The molecule has 0 aliphatic carbocycles. The molecule has 0 spiro atoms. The number of amides is 4. The largest absolute Gasteiger partial charge is 0.508 e. The Bertz CT molecular complexity index is 931. The molecular formula is C23H36N6O7S. The van der Waals surface area contributed by atoms with Crippen LogP contribution in [0.1, 0.15) is 37.7 Å². The summed E-state index contributed by atoms with van der Waals surface area (Å²) in [5, 5.41) is 26.0. The molecule has 14 heteroatoms. The van der Waals surface area contributed by atoms with Crippen LogP contribution in [0.4, 0.5) is 0 Å². The van der Waals surface area contributed by atoms with E-state index in [0.717, 1.165) is 0 Å². The molecule has 0 heterocycles. The molecule has 37 heavy (non-hydrogen) atoms. The van der Waals surface area contributed by atoms with Gasteiger partial charge < -0.3 is 43.4 Å². The van der Waals surface area contributed by atoms with E-state index in [1.165, 1.54) is 12.1 Å². The first kappa shape index (κ1) is 31.7. The molecule has 0 aliphatic rings. The Morgan fingerprint density at radius 2 is 1.43 bits per heavy atom. The Kier molecular flexibility index (Phi) is 14.0. The summed E-state index contributed by atoms with van der Waals surface area (Å²) in [4.78, 5) is 61.0. The van der Waals surface area contributed by atoms with Gasteiger partial charge in [0.1, 0.15) is 23.9 Å². The first-order chi connectivity index (χ1) is 17.5. The number of unbranched alkanes of at least 4 members (excludes halogenated alkanes) is 1. The minimum atomic E-state index is -1.25. The van der Waals surface area contributed by atoms with Gasteiger partial charge in [0.15, 0.2) is 0 Å². The molecule has 1 aromatic carbocycles. The SMILES string of the molecule is NCCCCC(NC(=O)C(CS)NC(=O)C(CCC(N)=O)NC(=O)C(N)Cc1ccc(O)cc1)C(=O)O. The van der Waals surface area contributed by atoms with Crippen LogP contribution < -0.4 is 33.2 Å². The van der Waals surface area contributed by atoms with Gasteiger partial charge in [0, 0.05) is 12.2 Å². The topological polar surface area (TPSA) is 240 Å². The quantitative estimate of drug-likeness (QED) is 0.0792. The van der Waals surface area contributed by atoms with Gasteiger partial charge in [-0.1, -0.05) is 12.1 Å². The first-order valence-corrected chi connectivity index (χ1v) is 12.4. The highest BCUT2D eigenvalue weighted by Gasteiger charge is 2.30. The molecule has 13 nitrogen and oxygen atoms in total. The van der Waals surface area contributed by atoms with E-state index >= 15 is 0 Å². The lowest BCUT2D eigenvalue weighted by atomic mass is 10.0. The third kappa shape index (κ3) is 11.9. The third-order valence-corrected chi connectivity index (χ3v) is 5.78. The number of phenols is 1. The maximum Gasteiger partial charge on any atom is 0.326 e. The molecule has 0 saturated heterocycles. The number of phenolic OH excluding ortho intramolecular Hbond substituents is 1. The molecule has 4 unspecified atom stereocenters. The van der Waals surface area contributed by atoms with E-state index in [1.807, 2.05) is 0 Å². The number of aromatic hydroxyl groups is 1. The number of thiol groups is 1. The van der Waals surface area contributed by atoms with E-state index in [4.69, 9.17) is 17.2 Å². The van der Waals surface area contributed by atoms with Crippen molar-refractivity contribution in [2.45, 2.75) is 62.7 Å². The molecule has 0 saturated carbocycles. The summed E-state index contributed by atoms with van der Waals surface area (Å²) in [6, 6.07) is 1.37. The maximum atomic E-state index is 12.9. The maximum absolute atomic E-state index is 12.9. The van der Waals surface area contributed by atoms with Crippen molar-refractivity contribution in [3.05, 3.63) is 29.8 Å². The van der Waals surface area contributed by atoms with Crippen molar-refractivity contribution >= 4 is 42.2 Å². The van der Waals surface area contributed by atoms with Crippen molar-refractivity contribution in [2.75, 3.05) is 12.3 Å². The van der Waals surface area contributed by atoms with Crippen LogP contribution in [0.15, 0.2) is 24.3 Å². The molecule has 0 fully saturated rings. The zero-order chi connectivity index (χ0) is 28.0. The lowest BCUT2D eigenvalue weighted by Crippen LogP contribution is -2.57. The van der Waals surface area contributed by atoms with Gasteiger partial charge in [-0.25, -0.2) is 4.79 Å². The average molecular weight is 541 g/mol. The van der Waals surface area contributed by atoms with Crippen LogP contribution in [-0.4, -0.2) is 76.3 Å². The van der Waals surface area contributed by atoms with Crippen molar-refractivity contribution < 1.29 is 34.2 Å². The second-order valence-electron chi connectivity index (χ2n) is 8.47. The van der Waals surface area contributed by atoms with E-state index in [-0.39, 0.29) is 37.2 Å². The van der Waals surface area contributed by atoms with Crippen molar-refractivity contribution in [3.8, 4) is 5.75 Å². The molecule has 206 valence electrons. The summed E-state index contributed by atoms with van der Waals surface area (Å²) < 4.78 is 0. The fraction of sp³-hybridized carbons (Fsp3) is 0.522. The number of benzene rings is 1. The monoisotopic (exact) mass is 540 g/mol. The molecule has 0 bridgehead atoms. The molecule has 1 aromatic rings. The number of carboxylic acid groups (broad SMARTS) is 1. The molecule has 0 radical (unpaired) electrons. The van der Waals surface area contributed by atoms with Crippen LogP contribution in [-0.2, 0) is 30.4 Å². The zero-order valence-corrected chi connectivity index (χ0v) is 21.3. The molecule has 4 amide bonds. The predicted molar refractivity (Wildman–Crippen MR) is 138 cm³/mol. The highest BCUT2D eigenvalue weighted by Crippen LogP contribution is 2.11. The minimum absolute atomic E-state index is 0.0537. The van der Waals surface area contributed by atoms with Crippen LogP contribution in [0.2, 0.25) is 0 Å². The smallest absolute Gasteiger partial charge is 0.326 e. The van der Waals surface area contributed by atoms with Gasteiger partial charge >= 0.3 is 5.97 Å². The van der Waals surface area contributed by atoms with Gasteiger partial charge in [0.05, 0.1) is 6.04 Å². The predicted octanol–water partition coefficient (Wildman–Crippen LogP) is -1.87. The Balaban J connectivity index is 2.86. The van der Waals surface area contributed by atoms with E-state index < -0.39 is 53.8 Å². The number of nitrogens with two attached hydrogens (primary N) is 3. The van der Waals surface area contributed by atoms with Crippen LogP contribution in [0.5, 0.6) is 5.75 Å². The van der Waals surface area contributed by atoms with Gasteiger partial charge in [-0.05, 0) is 56.3 Å². The second kappa shape index (κ2) is 16.4. The zero-order valence-electron chi connectivity index (χ0n) is 20.4. The van der Waals surface area contributed by atoms with Gasteiger partial charge in [-0.3, -0.25) is 19.2 Å². The standard InChI is InChI=1S/C23H36N6O7S/c24-10-2-1-3-17(23(35)36)28-22(34)18(12-37)29-21(33)16(8-9-19(26)31)27-20(32)15(25)11-13-4-6-14(30)7-5-13/h4-7,15-18,30,37H,1-3,8-12,24-25H2,(H2,26,31)(H,27,32)(H,28,34)(H,29,33)(H,35,36). The Morgan fingerprint density at radius 1 is 0.865 bits per heavy atom. The van der Waals surface area contributed by atoms with Crippen molar-refractivity contribution in [1.82, 2.24) is 16.0 Å². The summed E-state index contributed by atoms with van der Waals surface area (Å²) in [7, 11) is 0. The van der Waals surface area contributed by atoms with Crippen molar-refractivity contribution in [2.24, 2.45) is 17.2 Å². The fourth-order valence-electron chi connectivity index (χ4n) is 3.30. The number of carbonyl (C=O) groups excluding carboxylic acids is 4. The lowest BCUT2D eigenvalue weighted by Gasteiger charge is -2.24. The third-order valence-electron chi connectivity index (χ3n) is 5.42. The normalized spacial score (nSPS) is 14.0. The van der Waals surface area contributed by atoms with E-state index in [2.05, 4.69) is 28.6 Å². The molecule has 1 rings (SSSR count). The molecule has 0 aliphatic heterocycles. The van der Waals surface area contributed by atoms with Gasteiger partial charge in [0.2, 0.25) is 23.6 Å². The Hall–Kier alpha value is -3.36. The highest BCUT2D eigenvalue weighted by molar-refractivity contribution is 7.80. The van der Waals surface area contributed by atoms with Crippen LogP contribution in [0.25, 0.3) is 0 Å². The highest BCUT2D eigenvalue weighted by atomic mass is 32.1. The van der Waals surface area contributed by atoms with Crippen LogP contribution in [0, 0.1) is 0 Å². The lowest BCUT2D eigenvalue weighted by molar-refractivity contribution is -0.142. The number of hydrogen-bond donors (Lipinski definition) is 9. The number of hydrogen-bond acceptors (Lipinski definition) is 9. The fourth-order valence-corrected chi connectivity index (χ4v) is 3.56. The summed E-state index contributed by atoms with van der Waals surface area (Å²) in [6.45, 7) is 0.382. The second-order valence-corrected chi connectivity index (χ2v) is 8.84. The Morgan fingerprint density at radius 3 is 1.97 bits per heavy atom. The van der Waals surface area contributed by atoms with Gasteiger partial charge in [0.25, 0.3) is 0 Å². The Labute approximate surface area is 220 Å². The van der Waals surface area contributed by atoms with Crippen LogP contribution >= 0.6 is 12.6 Å². The summed E-state index contributed by atoms with van der Waals surface area (Å²) in [5.74, 6) is -4.30. The number of nitrogens with one attached hydrogen (secondary N) is 3. The number of carbonyl (C=O) groups is 5. The molecule has 4 atom stereocenters. The van der Waals surface area contributed by atoms with Gasteiger partial charge in [-0.15, -0.1) is 0 Å². The summed E-state index contributed by atoms with van der Waals surface area (Å²) >= 11 is 4.07. The van der Waals surface area contributed by atoms with E-state index in [0.29, 0.717) is 24.9 Å². The summed E-state index contributed by atoms with van der Waals surface area (Å²) in [6.07, 6.45) is 0.947. The average Bonchev–Trinajstić information content (AvgIpc) is 2.85. The van der Waals surface area contributed by atoms with E-state index in [1.54, 1.807) is 12.1 Å².